The minimum Gasteiger partial charge on any atom is -0.299 e. The van der Waals surface area contributed by atoms with Gasteiger partial charge in [0.15, 0.2) is 0 Å². The zero-order valence-corrected chi connectivity index (χ0v) is 10.6. The Labute approximate surface area is 106 Å². The topological polar surface area (TPSA) is 17.1 Å². The van der Waals surface area contributed by atoms with Gasteiger partial charge in [0.1, 0.15) is 11.6 Å². The Balaban J connectivity index is 2.11. The van der Waals surface area contributed by atoms with Gasteiger partial charge in [-0.25, -0.2) is 4.39 Å². The highest BCUT2D eigenvalue weighted by Gasteiger charge is 2.26. The SMILES string of the molecule is CC1CCC(=O)C(Cc2ccc(F)cc2Cl)C1. The number of ketones is 1. The molecule has 0 N–H and O–H groups in total. The van der Waals surface area contributed by atoms with Gasteiger partial charge in [0.2, 0.25) is 0 Å². The summed E-state index contributed by atoms with van der Waals surface area (Å²) >= 11 is 5.98. The first-order valence-electron chi connectivity index (χ1n) is 6.03. The molecule has 0 spiro atoms. The lowest BCUT2D eigenvalue weighted by atomic mass is 9.78. The average molecular weight is 255 g/mol. The third-order valence-electron chi connectivity index (χ3n) is 3.51. The highest BCUT2D eigenvalue weighted by atomic mass is 35.5. The lowest BCUT2D eigenvalue weighted by Crippen LogP contribution is -2.25. The first kappa shape index (κ1) is 12.6. The fourth-order valence-electron chi connectivity index (χ4n) is 2.48. The number of Topliss-reactive ketones (excluding diaryl/α,β-unsaturated/α-hetero) is 1. The Hall–Kier alpha value is -0.890. The van der Waals surface area contributed by atoms with Crippen LogP contribution in [-0.2, 0) is 11.2 Å². The average Bonchev–Trinajstić information content (AvgIpc) is 2.27. The van der Waals surface area contributed by atoms with E-state index in [-0.39, 0.29) is 11.7 Å². The Bertz CT molecular complexity index is 430. The van der Waals surface area contributed by atoms with Crippen molar-refractivity contribution in [2.45, 2.75) is 32.6 Å². The van der Waals surface area contributed by atoms with Crippen molar-refractivity contribution >= 4 is 17.4 Å². The van der Waals surface area contributed by atoms with E-state index in [9.17, 15) is 9.18 Å². The normalized spacial score (nSPS) is 25.0. The molecule has 0 aromatic heterocycles. The van der Waals surface area contributed by atoms with Crippen LogP contribution in [0.2, 0.25) is 5.02 Å². The molecule has 1 nitrogen and oxygen atoms in total. The number of benzene rings is 1. The summed E-state index contributed by atoms with van der Waals surface area (Å²) in [7, 11) is 0. The summed E-state index contributed by atoms with van der Waals surface area (Å²) in [5.74, 6) is 0.643. The monoisotopic (exact) mass is 254 g/mol. The lowest BCUT2D eigenvalue weighted by molar-refractivity contribution is -0.125. The molecule has 1 saturated carbocycles. The van der Waals surface area contributed by atoms with Crippen molar-refractivity contribution in [3.8, 4) is 0 Å². The smallest absolute Gasteiger partial charge is 0.136 e. The molecule has 1 aromatic carbocycles. The molecule has 0 amide bonds. The third kappa shape index (κ3) is 3.06. The van der Waals surface area contributed by atoms with Crippen molar-refractivity contribution in [3.05, 3.63) is 34.6 Å². The number of hydrogen-bond acceptors (Lipinski definition) is 1. The zero-order valence-electron chi connectivity index (χ0n) is 9.88. The molecule has 0 bridgehead atoms. The third-order valence-corrected chi connectivity index (χ3v) is 3.86. The van der Waals surface area contributed by atoms with Crippen molar-refractivity contribution < 1.29 is 9.18 Å². The number of carbonyl (C=O) groups is 1. The van der Waals surface area contributed by atoms with Gasteiger partial charge in [-0.1, -0.05) is 24.6 Å². The van der Waals surface area contributed by atoms with Crippen LogP contribution in [0.25, 0.3) is 0 Å². The minimum absolute atomic E-state index is 0.0571. The largest absolute Gasteiger partial charge is 0.299 e. The Kier molecular flexibility index (Phi) is 3.82. The van der Waals surface area contributed by atoms with Gasteiger partial charge < -0.3 is 0 Å². The molecule has 92 valence electrons. The van der Waals surface area contributed by atoms with Crippen LogP contribution >= 0.6 is 11.6 Å². The first-order valence-corrected chi connectivity index (χ1v) is 6.40. The van der Waals surface area contributed by atoms with E-state index in [4.69, 9.17) is 11.6 Å². The van der Waals surface area contributed by atoms with Crippen LogP contribution in [-0.4, -0.2) is 5.78 Å². The summed E-state index contributed by atoms with van der Waals surface area (Å²) in [6, 6.07) is 4.40. The zero-order chi connectivity index (χ0) is 12.4. The Morgan fingerprint density at radius 2 is 2.24 bits per heavy atom. The molecule has 1 aliphatic carbocycles. The molecular formula is C14H16ClFO. The lowest BCUT2D eigenvalue weighted by Gasteiger charge is -2.25. The number of halogens is 2. The van der Waals surface area contributed by atoms with Crippen molar-refractivity contribution in [3.63, 3.8) is 0 Å². The van der Waals surface area contributed by atoms with Gasteiger partial charge in [0.05, 0.1) is 0 Å². The van der Waals surface area contributed by atoms with Gasteiger partial charge in [0.25, 0.3) is 0 Å². The minimum atomic E-state index is -0.331. The van der Waals surface area contributed by atoms with E-state index < -0.39 is 0 Å². The Morgan fingerprint density at radius 1 is 1.47 bits per heavy atom. The maximum atomic E-state index is 12.9. The molecule has 0 saturated heterocycles. The van der Waals surface area contributed by atoms with Crippen molar-refractivity contribution in [1.82, 2.24) is 0 Å². The number of carbonyl (C=O) groups excluding carboxylic acids is 1. The quantitative estimate of drug-likeness (QED) is 0.779. The van der Waals surface area contributed by atoms with Gasteiger partial charge >= 0.3 is 0 Å². The number of hydrogen-bond donors (Lipinski definition) is 0. The van der Waals surface area contributed by atoms with Crippen LogP contribution in [0.3, 0.4) is 0 Å². The van der Waals surface area contributed by atoms with Gasteiger partial charge in [-0.2, -0.15) is 0 Å². The molecule has 17 heavy (non-hydrogen) atoms. The molecule has 2 rings (SSSR count). The summed E-state index contributed by atoms with van der Waals surface area (Å²) in [6.07, 6.45) is 3.23. The molecule has 0 heterocycles. The van der Waals surface area contributed by atoms with E-state index in [1.807, 2.05) is 0 Å². The fourth-order valence-corrected chi connectivity index (χ4v) is 2.72. The molecule has 2 atom stereocenters. The highest BCUT2D eigenvalue weighted by Crippen LogP contribution is 2.30. The van der Waals surface area contributed by atoms with Crippen LogP contribution in [0.15, 0.2) is 18.2 Å². The van der Waals surface area contributed by atoms with Crippen LogP contribution in [0, 0.1) is 17.7 Å². The summed E-state index contributed by atoms with van der Waals surface area (Å²) in [6.45, 7) is 2.17. The molecule has 0 radical (unpaired) electrons. The van der Waals surface area contributed by atoms with Gasteiger partial charge in [-0.05, 0) is 42.9 Å². The molecule has 0 aliphatic heterocycles. The highest BCUT2D eigenvalue weighted by molar-refractivity contribution is 6.31. The van der Waals surface area contributed by atoms with Crippen molar-refractivity contribution in [2.75, 3.05) is 0 Å². The summed E-state index contributed by atoms with van der Waals surface area (Å²) in [5, 5.41) is 0.427. The first-order chi connectivity index (χ1) is 8.06. The standard InChI is InChI=1S/C14H16ClFO/c1-9-2-5-14(17)11(6-9)7-10-3-4-12(16)8-13(10)15/h3-4,8-9,11H,2,5-7H2,1H3. The van der Waals surface area contributed by atoms with Crippen LogP contribution in [0.1, 0.15) is 31.7 Å². The van der Waals surface area contributed by atoms with Crippen molar-refractivity contribution in [1.29, 1.82) is 0 Å². The maximum absolute atomic E-state index is 12.9. The van der Waals surface area contributed by atoms with Gasteiger partial charge in [-0.3, -0.25) is 4.79 Å². The second kappa shape index (κ2) is 5.18. The molecule has 1 aliphatic rings. The molecule has 1 aromatic rings. The molecule has 3 heteroatoms. The second-order valence-corrected chi connectivity index (χ2v) is 5.39. The van der Waals surface area contributed by atoms with E-state index in [0.29, 0.717) is 29.6 Å². The van der Waals surface area contributed by atoms with Crippen LogP contribution in [0.5, 0.6) is 0 Å². The predicted molar refractivity (Wildman–Crippen MR) is 66.6 cm³/mol. The van der Waals surface area contributed by atoms with E-state index in [0.717, 1.165) is 18.4 Å². The van der Waals surface area contributed by atoms with Crippen molar-refractivity contribution in [2.24, 2.45) is 11.8 Å². The number of rotatable bonds is 2. The van der Waals surface area contributed by atoms with E-state index >= 15 is 0 Å². The predicted octanol–water partition coefficient (Wildman–Crippen LogP) is 4.03. The van der Waals surface area contributed by atoms with Gasteiger partial charge in [0, 0.05) is 17.4 Å². The molecule has 1 fully saturated rings. The van der Waals surface area contributed by atoms with E-state index in [2.05, 4.69) is 6.92 Å². The summed E-state index contributed by atoms with van der Waals surface area (Å²) in [5.41, 5.74) is 0.875. The maximum Gasteiger partial charge on any atom is 0.136 e. The summed E-state index contributed by atoms with van der Waals surface area (Å²) in [4.78, 5) is 11.8. The van der Waals surface area contributed by atoms with Gasteiger partial charge in [-0.15, -0.1) is 0 Å². The van der Waals surface area contributed by atoms with E-state index in [1.54, 1.807) is 6.07 Å². The van der Waals surface area contributed by atoms with E-state index in [1.165, 1.54) is 12.1 Å². The fraction of sp³-hybridized carbons (Fsp3) is 0.500. The molecular weight excluding hydrogens is 239 g/mol. The van der Waals surface area contributed by atoms with Crippen LogP contribution in [0.4, 0.5) is 4.39 Å². The summed E-state index contributed by atoms with van der Waals surface area (Å²) < 4.78 is 12.9. The van der Waals surface area contributed by atoms with Crippen LogP contribution < -0.4 is 0 Å². The Morgan fingerprint density at radius 3 is 2.94 bits per heavy atom. The second-order valence-electron chi connectivity index (χ2n) is 4.98. The molecule has 2 unspecified atom stereocenters.